The SMILES string of the molecule is Cc1ccccc1-c1nc(N2CCCC2)ncc1-c1nnnn1-c1ccc(Cl)cc1. The van der Waals surface area contributed by atoms with Crippen molar-refractivity contribution in [3.8, 4) is 28.3 Å². The van der Waals surface area contributed by atoms with E-state index < -0.39 is 0 Å². The first-order valence-electron chi connectivity index (χ1n) is 9.93. The van der Waals surface area contributed by atoms with Gasteiger partial charge in [0.05, 0.1) is 16.9 Å². The highest BCUT2D eigenvalue weighted by Gasteiger charge is 2.22. The molecule has 7 nitrogen and oxygen atoms in total. The third-order valence-electron chi connectivity index (χ3n) is 5.35. The molecule has 4 aromatic rings. The Balaban J connectivity index is 1.68. The van der Waals surface area contributed by atoms with E-state index >= 15 is 0 Å². The van der Waals surface area contributed by atoms with Crippen molar-refractivity contribution < 1.29 is 0 Å². The van der Waals surface area contributed by atoms with Crippen molar-refractivity contribution in [1.82, 2.24) is 30.2 Å². The molecule has 2 aromatic carbocycles. The van der Waals surface area contributed by atoms with Gasteiger partial charge in [0.1, 0.15) is 0 Å². The zero-order chi connectivity index (χ0) is 20.5. The first kappa shape index (κ1) is 18.7. The number of aryl methyl sites for hydroxylation is 1. The fourth-order valence-corrected chi connectivity index (χ4v) is 3.89. The normalized spacial score (nSPS) is 13.7. The maximum atomic E-state index is 6.05. The van der Waals surface area contributed by atoms with Gasteiger partial charge in [0.2, 0.25) is 5.95 Å². The third-order valence-corrected chi connectivity index (χ3v) is 5.60. The maximum absolute atomic E-state index is 6.05. The highest BCUT2D eigenvalue weighted by molar-refractivity contribution is 6.30. The second kappa shape index (κ2) is 7.84. The number of tetrazole rings is 1. The molecule has 8 heteroatoms. The number of benzene rings is 2. The van der Waals surface area contributed by atoms with Crippen LogP contribution in [0, 0.1) is 6.92 Å². The lowest BCUT2D eigenvalue weighted by Gasteiger charge is -2.18. The summed E-state index contributed by atoms with van der Waals surface area (Å²) in [7, 11) is 0. The summed E-state index contributed by atoms with van der Waals surface area (Å²) in [4.78, 5) is 11.9. The second-order valence-electron chi connectivity index (χ2n) is 7.33. The summed E-state index contributed by atoms with van der Waals surface area (Å²) >= 11 is 6.05. The number of halogens is 1. The van der Waals surface area contributed by atoms with Crippen LogP contribution in [-0.2, 0) is 0 Å². The molecule has 150 valence electrons. The van der Waals surface area contributed by atoms with Gasteiger partial charge in [0.25, 0.3) is 0 Å². The van der Waals surface area contributed by atoms with Crippen LogP contribution in [0.3, 0.4) is 0 Å². The Labute approximate surface area is 179 Å². The Kier molecular flexibility index (Phi) is 4.88. The predicted molar refractivity (Wildman–Crippen MR) is 117 cm³/mol. The standard InChI is InChI=1S/C22H20ClN7/c1-15-6-2-3-7-18(15)20-19(14-24-22(25-20)29-12-4-5-13-29)21-26-27-28-30(21)17-10-8-16(23)9-11-17/h2-3,6-11,14H,4-5,12-13H2,1H3. The van der Waals surface area contributed by atoms with Gasteiger partial charge in [-0.1, -0.05) is 35.9 Å². The summed E-state index contributed by atoms with van der Waals surface area (Å²) in [6.07, 6.45) is 4.17. The number of anilines is 1. The van der Waals surface area contributed by atoms with Gasteiger partial charge in [0.15, 0.2) is 5.82 Å². The zero-order valence-electron chi connectivity index (χ0n) is 16.5. The number of hydrogen-bond donors (Lipinski definition) is 0. The summed E-state index contributed by atoms with van der Waals surface area (Å²) in [6.45, 7) is 4.04. The van der Waals surface area contributed by atoms with Gasteiger partial charge < -0.3 is 4.90 Å². The van der Waals surface area contributed by atoms with E-state index in [9.17, 15) is 0 Å². The van der Waals surface area contributed by atoms with Crippen LogP contribution >= 0.6 is 11.6 Å². The molecule has 0 radical (unpaired) electrons. The maximum Gasteiger partial charge on any atom is 0.225 e. The van der Waals surface area contributed by atoms with Crippen molar-refractivity contribution in [2.45, 2.75) is 19.8 Å². The molecule has 1 saturated heterocycles. The van der Waals surface area contributed by atoms with E-state index in [-0.39, 0.29) is 0 Å². The third kappa shape index (κ3) is 3.41. The summed E-state index contributed by atoms with van der Waals surface area (Å²) in [5, 5.41) is 13.1. The van der Waals surface area contributed by atoms with Crippen LogP contribution in [0.4, 0.5) is 5.95 Å². The van der Waals surface area contributed by atoms with Crippen molar-refractivity contribution in [3.05, 3.63) is 65.3 Å². The predicted octanol–water partition coefficient (Wildman–Crippen LogP) is 4.35. The minimum Gasteiger partial charge on any atom is -0.341 e. The van der Waals surface area contributed by atoms with E-state index in [1.54, 1.807) is 4.68 Å². The summed E-state index contributed by atoms with van der Waals surface area (Å²) in [6, 6.07) is 15.6. The molecule has 5 rings (SSSR count). The number of aromatic nitrogens is 6. The molecular weight excluding hydrogens is 398 g/mol. The van der Waals surface area contributed by atoms with Crippen molar-refractivity contribution >= 4 is 17.5 Å². The lowest BCUT2D eigenvalue weighted by atomic mass is 10.0. The van der Waals surface area contributed by atoms with Crippen LogP contribution < -0.4 is 4.90 Å². The van der Waals surface area contributed by atoms with Crippen LogP contribution in [0.5, 0.6) is 0 Å². The van der Waals surface area contributed by atoms with E-state index in [0.29, 0.717) is 10.8 Å². The molecule has 30 heavy (non-hydrogen) atoms. The second-order valence-corrected chi connectivity index (χ2v) is 7.77. The minimum atomic E-state index is 0.587. The van der Waals surface area contributed by atoms with E-state index in [4.69, 9.17) is 16.6 Å². The lowest BCUT2D eigenvalue weighted by Crippen LogP contribution is -2.20. The molecule has 2 aromatic heterocycles. The van der Waals surface area contributed by atoms with E-state index in [2.05, 4.69) is 44.5 Å². The molecular formula is C22H20ClN7. The van der Waals surface area contributed by atoms with Crippen LogP contribution in [0.15, 0.2) is 54.7 Å². The Bertz CT molecular complexity index is 1180. The molecule has 0 spiro atoms. The molecule has 3 heterocycles. The highest BCUT2D eigenvalue weighted by atomic mass is 35.5. The van der Waals surface area contributed by atoms with Crippen LogP contribution in [0.25, 0.3) is 28.3 Å². The van der Waals surface area contributed by atoms with Crippen molar-refractivity contribution in [1.29, 1.82) is 0 Å². The first-order chi connectivity index (χ1) is 14.7. The van der Waals surface area contributed by atoms with Gasteiger partial charge in [-0.05, 0) is 60.0 Å². The summed E-state index contributed by atoms with van der Waals surface area (Å²) in [5.74, 6) is 1.34. The average molecular weight is 418 g/mol. The first-order valence-corrected chi connectivity index (χ1v) is 10.3. The summed E-state index contributed by atoms with van der Waals surface area (Å²) in [5.41, 5.74) is 4.61. The molecule has 0 aliphatic carbocycles. The number of hydrogen-bond acceptors (Lipinski definition) is 6. The minimum absolute atomic E-state index is 0.587. The van der Waals surface area contributed by atoms with Crippen molar-refractivity contribution in [2.75, 3.05) is 18.0 Å². The Morgan fingerprint density at radius 2 is 1.70 bits per heavy atom. The fourth-order valence-electron chi connectivity index (χ4n) is 3.76. The van der Waals surface area contributed by atoms with Crippen molar-refractivity contribution in [2.24, 2.45) is 0 Å². The van der Waals surface area contributed by atoms with Gasteiger partial charge in [-0.3, -0.25) is 0 Å². The molecule has 0 amide bonds. The van der Waals surface area contributed by atoms with Gasteiger partial charge in [-0.25, -0.2) is 9.97 Å². The molecule has 0 N–H and O–H groups in total. The van der Waals surface area contributed by atoms with Crippen LogP contribution in [0.2, 0.25) is 5.02 Å². The van der Waals surface area contributed by atoms with Gasteiger partial charge >= 0.3 is 0 Å². The summed E-state index contributed by atoms with van der Waals surface area (Å²) < 4.78 is 1.69. The Hall–Kier alpha value is -3.32. The molecule has 0 unspecified atom stereocenters. The monoisotopic (exact) mass is 417 g/mol. The van der Waals surface area contributed by atoms with Gasteiger partial charge in [-0.2, -0.15) is 4.68 Å². The number of rotatable bonds is 4. The van der Waals surface area contributed by atoms with Crippen molar-refractivity contribution in [3.63, 3.8) is 0 Å². The Morgan fingerprint density at radius 1 is 0.933 bits per heavy atom. The van der Waals surface area contributed by atoms with Gasteiger partial charge in [-0.15, -0.1) is 5.10 Å². The van der Waals surface area contributed by atoms with Crippen LogP contribution in [-0.4, -0.2) is 43.3 Å². The molecule has 0 atom stereocenters. The molecule has 0 saturated carbocycles. The molecule has 1 fully saturated rings. The van der Waals surface area contributed by atoms with E-state index in [1.165, 1.54) is 12.8 Å². The quantitative estimate of drug-likeness (QED) is 0.491. The lowest BCUT2D eigenvalue weighted by molar-refractivity contribution is 0.791. The van der Waals surface area contributed by atoms with Gasteiger partial charge in [0, 0.05) is 29.9 Å². The molecule has 0 bridgehead atoms. The van der Waals surface area contributed by atoms with E-state index in [0.717, 1.165) is 47.1 Å². The number of nitrogens with zero attached hydrogens (tertiary/aromatic N) is 7. The topological polar surface area (TPSA) is 72.6 Å². The molecule has 1 aliphatic rings. The highest BCUT2D eigenvalue weighted by Crippen LogP contribution is 2.33. The van der Waals surface area contributed by atoms with E-state index in [1.807, 2.05) is 42.6 Å². The zero-order valence-corrected chi connectivity index (χ0v) is 17.3. The molecule has 1 aliphatic heterocycles. The smallest absolute Gasteiger partial charge is 0.225 e. The largest absolute Gasteiger partial charge is 0.341 e. The van der Waals surface area contributed by atoms with Crippen LogP contribution in [0.1, 0.15) is 18.4 Å². The Morgan fingerprint density at radius 3 is 2.47 bits per heavy atom. The average Bonchev–Trinajstić information content (AvgIpc) is 3.47. The fraction of sp³-hybridized carbons (Fsp3) is 0.227.